The number of nitrogens with zero attached hydrogens (tertiary/aromatic N) is 3. The molecular formula is C55H39N3. The third kappa shape index (κ3) is 5.62. The molecule has 2 aliphatic carbocycles. The van der Waals surface area contributed by atoms with Crippen molar-refractivity contribution in [2.75, 3.05) is 0 Å². The Morgan fingerprint density at radius 3 is 1.38 bits per heavy atom. The van der Waals surface area contributed by atoms with Gasteiger partial charge in [-0.1, -0.05) is 178 Å². The summed E-state index contributed by atoms with van der Waals surface area (Å²) < 4.78 is 0. The zero-order valence-electron chi connectivity index (χ0n) is 32.4. The number of rotatable bonds is 6. The molecule has 0 spiro atoms. The van der Waals surface area contributed by atoms with Crippen LogP contribution in [0.25, 0.3) is 89.8 Å². The number of hydrogen-bond donors (Lipinski definition) is 0. The summed E-state index contributed by atoms with van der Waals surface area (Å²) in [7, 11) is 0. The highest BCUT2D eigenvalue weighted by Crippen LogP contribution is 2.51. The Morgan fingerprint density at radius 1 is 0.310 bits per heavy atom. The molecule has 1 aromatic heterocycles. The summed E-state index contributed by atoms with van der Waals surface area (Å²) in [6.07, 6.45) is 0.852. The molecule has 3 nitrogen and oxygen atoms in total. The fourth-order valence-corrected chi connectivity index (χ4v) is 9.30. The van der Waals surface area contributed by atoms with Crippen LogP contribution < -0.4 is 0 Å². The molecule has 9 aromatic rings. The fraction of sp³-hybridized carbons (Fsp3) is 0.0727. The summed E-state index contributed by atoms with van der Waals surface area (Å²) in [6, 6.07) is 67.4. The molecule has 1 heterocycles. The first-order valence-electron chi connectivity index (χ1n) is 20.1. The monoisotopic (exact) mass is 741 g/mol. The van der Waals surface area contributed by atoms with E-state index in [9.17, 15) is 0 Å². The third-order valence-electron chi connectivity index (χ3n) is 12.2. The minimum Gasteiger partial charge on any atom is -0.208 e. The zero-order valence-corrected chi connectivity index (χ0v) is 32.4. The van der Waals surface area contributed by atoms with Crippen molar-refractivity contribution in [2.45, 2.75) is 25.7 Å². The van der Waals surface area contributed by atoms with E-state index in [1.54, 1.807) is 0 Å². The maximum atomic E-state index is 5.14. The van der Waals surface area contributed by atoms with Crippen LogP contribution >= 0.6 is 0 Å². The molecule has 8 aromatic carbocycles. The van der Waals surface area contributed by atoms with E-state index in [0.717, 1.165) is 39.8 Å². The Bertz CT molecular complexity index is 2980. The van der Waals surface area contributed by atoms with E-state index in [4.69, 9.17) is 15.0 Å². The van der Waals surface area contributed by atoms with Gasteiger partial charge in [0.15, 0.2) is 17.5 Å². The van der Waals surface area contributed by atoms with E-state index >= 15 is 0 Å². The van der Waals surface area contributed by atoms with Gasteiger partial charge < -0.3 is 0 Å². The molecule has 274 valence electrons. The highest BCUT2D eigenvalue weighted by Gasteiger charge is 2.35. The normalized spacial score (nSPS) is 13.1. The molecule has 58 heavy (non-hydrogen) atoms. The standard InChI is InChI=1S/C55H39N3/c1-55(2)50-27-13-12-22-46(50)47-29-28-38(33-51(47)55)42-23-14-25-44-45-26-15-24-43(49(45)34-48(42)44)40-30-39(35-16-6-3-7-17-35)31-41(32-40)54-57-52(36-18-8-4-9-19-36)56-53(58-54)37-20-10-5-11-21-37/h3-33H,34H2,1-2H3. The van der Waals surface area contributed by atoms with Crippen molar-refractivity contribution in [1.29, 1.82) is 0 Å². The summed E-state index contributed by atoms with van der Waals surface area (Å²) >= 11 is 0. The molecule has 0 N–H and O–H groups in total. The zero-order chi connectivity index (χ0) is 38.8. The molecule has 0 atom stereocenters. The summed E-state index contributed by atoms with van der Waals surface area (Å²) in [5.74, 6) is 1.95. The SMILES string of the molecule is CC1(C)c2ccccc2-c2ccc(-c3cccc4c3Cc3c(-c5cc(-c6ccccc6)cc(-c6nc(-c7ccccc7)nc(-c7ccccc7)n6)c5)cccc3-4)cc21. The predicted octanol–water partition coefficient (Wildman–Crippen LogP) is 13.8. The van der Waals surface area contributed by atoms with Crippen molar-refractivity contribution >= 4 is 0 Å². The Morgan fingerprint density at radius 2 is 0.759 bits per heavy atom. The summed E-state index contributed by atoms with van der Waals surface area (Å²) in [5.41, 5.74) is 20.9. The molecule has 0 bridgehead atoms. The van der Waals surface area contributed by atoms with E-state index in [1.807, 2.05) is 36.4 Å². The number of aromatic nitrogens is 3. The molecule has 0 saturated heterocycles. The highest BCUT2D eigenvalue weighted by atomic mass is 15.0. The van der Waals surface area contributed by atoms with E-state index in [0.29, 0.717) is 17.5 Å². The van der Waals surface area contributed by atoms with Crippen molar-refractivity contribution in [2.24, 2.45) is 0 Å². The Hall–Kier alpha value is -7.23. The first-order chi connectivity index (χ1) is 28.5. The lowest BCUT2D eigenvalue weighted by atomic mass is 9.81. The molecule has 11 rings (SSSR count). The Kier molecular flexibility index (Phi) is 7.90. The van der Waals surface area contributed by atoms with Gasteiger partial charge >= 0.3 is 0 Å². The van der Waals surface area contributed by atoms with Crippen molar-refractivity contribution in [3.05, 3.63) is 210 Å². The van der Waals surface area contributed by atoms with Gasteiger partial charge in [-0.2, -0.15) is 0 Å². The van der Waals surface area contributed by atoms with Crippen molar-refractivity contribution in [1.82, 2.24) is 15.0 Å². The van der Waals surface area contributed by atoms with Gasteiger partial charge in [0, 0.05) is 22.1 Å². The molecule has 0 aliphatic heterocycles. The summed E-state index contributed by atoms with van der Waals surface area (Å²) in [4.78, 5) is 15.3. The van der Waals surface area contributed by atoms with Crippen LogP contribution in [0.15, 0.2) is 188 Å². The van der Waals surface area contributed by atoms with Gasteiger partial charge in [0.2, 0.25) is 0 Å². The second-order valence-corrected chi connectivity index (χ2v) is 16.0. The van der Waals surface area contributed by atoms with E-state index in [1.165, 1.54) is 61.2 Å². The van der Waals surface area contributed by atoms with E-state index < -0.39 is 0 Å². The second-order valence-electron chi connectivity index (χ2n) is 16.0. The fourth-order valence-electron chi connectivity index (χ4n) is 9.30. The van der Waals surface area contributed by atoms with Crippen LogP contribution in [-0.2, 0) is 11.8 Å². The highest BCUT2D eigenvalue weighted by molar-refractivity contribution is 5.92. The van der Waals surface area contributed by atoms with Gasteiger partial charge in [0.05, 0.1) is 0 Å². The molecule has 2 aliphatic rings. The van der Waals surface area contributed by atoms with Crippen LogP contribution in [0, 0.1) is 0 Å². The summed E-state index contributed by atoms with van der Waals surface area (Å²) in [5, 5.41) is 0. The quantitative estimate of drug-likeness (QED) is 0.170. The van der Waals surface area contributed by atoms with E-state index in [-0.39, 0.29) is 5.41 Å². The van der Waals surface area contributed by atoms with Crippen LogP contribution in [-0.4, -0.2) is 15.0 Å². The topological polar surface area (TPSA) is 38.7 Å². The number of hydrogen-bond acceptors (Lipinski definition) is 3. The number of fused-ring (bicyclic) bond motifs is 6. The van der Waals surface area contributed by atoms with Crippen LogP contribution in [0.2, 0.25) is 0 Å². The van der Waals surface area contributed by atoms with Gasteiger partial charge in [-0.15, -0.1) is 0 Å². The van der Waals surface area contributed by atoms with Gasteiger partial charge in [-0.05, 0) is 109 Å². The average molecular weight is 742 g/mol. The van der Waals surface area contributed by atoms with Gasteiger partial charge in [0.1, 0.15) is 0 Å². The first-order valence-corrected chi connectivity index (χ1v) is 20.1. The van der Waals surface area contributed by atoms with E-state index in [2.05, 4.69) is 166 Å². The van der Waals surface area contributed by atoms with Crippen LogP contribution in [0.5, 0.6) is 0 Å². The lowest BCUT2D eigenvalue weighted by Gasteiger charge is -2.22. The third-order valence-corrected chi connectivity index (χ3v) is 12.2. The summed E-state index contributed by atoms with van der Waals surface area (Å²) in [6.45, 7) is 4.72. The average Bonchev–Trinajstić information content (AvgIpc) is 3.79. The maximum Gasteiger partial charge on any atom is 0.164 e. The van der Waals surface area contributed by atoms with Crippen LogP contribution in [0.1, 0.15) is 36.1 Å². The number of benzene rings is 8. The molecule has 3 heteroatoms. The van der Waals surface area contributed by atoms with Gasteiger partial charge in [-0.25, -0.2) is 15.0 Å². The lowest BCUT2D eigenvalue weighted by molar-refractivity contribution is 0.660. The van der Waals surface area contributed by atoms with Crippen molar-refractivity contribution < 1.29 is 0 Å². The molecular weight excluding hydrogens is 703 g/mol. The molecule has 0 radical (unpaired) electrons. The molecule has 0 unspecified atom stereocenters. The molecule has 0 fully saturated rings. The first kappa shape index (κ1) is 34.1. The minimum absolute atomic E-state index is 0.0558. The lowest BCUT2D eigenvalue weighted by Crippen LogP contribution is -2.14. The maximum absolute atomic E-state index is 5.14. The smallest absolute Gasteiger partial charge is 0.164 e. The predicted molar refractivity (Wildman–Crippen MR) is 238 cm³/mol. The molecule has 0 saturated carbocycles. The van der Waals surface area contributed by atoms with Crippen molar-refractivity contribution in [3.63, 3.8) is 0 Å². The Labute approximate surface area is 339 Å². The van der Waals surface area contributed by atoms with Crippen LogP contribution in [0.4, 0.5) is 0 Å². The van der Waals surface area contributed by atoms with Gasteiger partial charge in [0.25, 0.3) is 0 Å². The Balaban J connectivity index is 1.05. The van der Waals surface area contributed by atoms with Crippen LogP contribution in [0.3, 0.4) is 0 Å². The largest absolute Gasteiger partial charge is 0.208 e. The van der Waals surface area contributed by atoms with Crippen molar-refractivity contribution in [3.8, 4) is 89.8 Å². The minimum atomic E-state index is -0.0558. The van der Waals surface area contributed by atoms with Gasteiger partial charge in [-0.3, -0.25) is 0 Å². The second kappa shape index (κ2) is 13.5. The molecule has 0 amide bonds.